The minimum absolute atomic E-state index is 0.113. The van der Waals surface area contributed by atoms with E-state index < -0.39 is 6.09 Å². The molecule has 1 amide bonds. The molecule has 0 spiro atoms. The van der Waals surface area contributed by atoms with Crippen molar-refractivity contribution in [3.8, 4) is 0 Å². The van der Waals surface area contributed by atoms with Gasteiger partial charge < -0.3 is 20.2 Å². The van der Waals surface area contributed by atoms with Crippen LogP contribution in [0.2, 0.25) is 0 Å². The largest absolute Gasteiger partial charge is 0.465 e. The van der Waals surface area contributed by atoms with Gasteiger partial charge in [-0.3, -0.25) is 13.9 Å². The fraction of sp³-hybridized carbons (Fsp3) is 0.500. The van der Waals surface area contributed by atoms with Crippen molar-refractivity contribution in [2.75, 3.05) is 36.0 Å². The Balaban J connectivity index is 1.61. The van der Waals surface area contributed by atoms with Crippen molar-refractivity contribution in [3.05, 3.63) is 46.2 Å². The van der Waals surface area contributed by atoms with Crippen molar-refractivity contribution in [1.29, 1.82) is 0 Å². The Bertz CT molecular complexity index is 1230. The minimum Gasteiger partial charge on any atom is -0.465 e. The molecule has 5 rings (SSSR count). The summed E-state index contributed by atoms with van der Waals surface area (Å²) in [6.07, 6.45) is 3.97. The number of piperidine rings is 2. The Morgan fingerprint density at radius 2 is 1.74 bits per heavy atom. The first-order valence-corrected chi connectivity index (χ1v) is 12.0. The normalized spacial score (nSPS) is 18.9. The van der Waals surface area contributed by atoms with Crippen LogP contribution < -0.4 is 20.7 Å². The van der Waals surface area contributed by atoms with Gasteiger partial charge in [0.05, 0.1) is 6.54 Å². The quantitative estimate of drug-likeness (QED) is 0.596. The third-order valence-corrected chi connectivity index (χ3v) is 6.80. The Kier molecular flexibility index (Phi) is 6.12. The lowest BCUT2D eigenvalue weighted by Crippen LogP contribution is -2.48. The summed E-state index contributed by atoms with van der Waals surface area (Å²) in [7, 11) is 1.78. The molecule has 34 heavy (non-hydrogen) atoms. The van der Waals surface area contributed by atoms with Crippen molar-refractivity contribution in [3.63, 3.8) is 0 Å². The molecule has 0 saturated carbocycles. The van der Waals surface area contributed by atoms with Gasteiger partial charge in [0.15, 0.2) is 11.2 Å². The van der Waals surface area contributed by atoms with Crippen molar-refractivity contribution >= 4 is 29.2 Å². The number of anilines is 2. The standard InChI is InChI=1S/C24H31N7O3/c1-28-21(32)19-20(26-22(28)29-12-6-3-7-13-29)27-23(31(19)15-17-9-4-2-5-10-17)30-14-8-11-18(16-30)25-24(33)34/h2,4-5,9-10,18,25H,3,6-8,11-16H2,1H3,(H,33,34). The number of nitrogens with zero attached hydrogens (tertiary/aromatic N) is 6. The van der Waals surface area contributed by atoms with Gasteiger partial charge >= 0.3 is 6.09 Å². The summed E-state index contributed by atoms with van der Waals surface area (Å²) in [6.45, 7) is 3.51. The van der Waals surface area contributed by atoms with Crippen molar-refractivity contribution in [1.82, 2.24) is 24.4 Å². The highest BCUT2D eigenvalue weighted by Gasteiger charge is 2.28. The number of nitrogens with one attached hydrogen (secondary N) is 1. The van der Waals surface area contributed by atoms with Crippen LogP contribution >= 0.6 is 0 Å². The second-order valence-electron chi connectivity index (χ2n) is 9.21. The maximum Gasteiger partial charge on any atom is 0.404 e. The number of carbonyl (C=O) groups is 1. The molecule has 1 atom stereocenters. The number of fused-ring (bicyclic) bond motifs is 1. The van der Waals surface area contributed by atoms with Crippen LogP contribution in [0.1, 0.15) is 37.7 Å². The van der Waals surface area contributed by atoms with E-state index in [1.165, 1.54) is 6.42 Å². The zero-order chi connectivity index (χ0) is 23.7. The average molecular weight is 466 g/mol. The number of rotatable bonds is 5. The fourth-order valence-corrected chi connectivity index (χ4v) is 5.12. The van der Waals surface area contributed by atoms with Crippen molar-refractivity contribution in [2.24, 2.45) is 7.05 Å². The highest BCUT2D eigenvalue weighted by atomic mass is 16.4. The minimum atomic E-state index is -1.02. The summed E-state index contributed by atoms with van der Waals surface area (Å²) in [4.78, 5) is 38.8. The molecule has 1 aromatic carbocycles. The Hall–Kier alpha value is -3.56. The van der Waals surface area contributed by atoms with Gasteiger partial charge in [0.25, 0.3) is 5.56 Å². The molecule has 0 bridgehead atoms. The van der Waals surface area contributed by atoms with E-state index in [0.717, 1.165) is 50.9 Å². The lowest BCUT2D eigenvalue weighted by atomic mass is 10.1. The second kappa shape index (κ2) is 9.36. The third-order valence-electron chi connectivity index (χ3n) is 6.80. The van der Waals surface area contributed by atoms with Crippen LogP contribution in [-0.4, -0.2) is 62.5 Å². The number of carboxylic acid groups (broad SMARTS) is 1. The molecule has 1 unspecified atom stereocenters. The molecular weight excluding hydrogens is 434 g/mol. The van der Waals surface area contributed by atoms with Crippen LogP contribution in [0.4, 0.5) is 16.7 Å². The van der Waals surface area contributed by atoms with Gasteiger partial charge in [0.2, 0.25) is 11.9 Å². The number of amides is 1. The van der Waals surface area contributed by atoms with Crippen LogP contribution in [-0.2, 0) is 13.6 Å². The third kappa shape index (κ3) is 4.32. The van der Waals surface area contributed by atoms with Gasteiger partial charge in [-0.15, -0.1) is 0 Å². The highest BCUT2D eigenvalue weighted by molar-refractivity contribution is 5.76. The maximum absolute atomic E-state index is 13.6. The fourth-order valence-electron chi connectivity index (χ4n) is 5.12. The van der Waals surface area contributed by atoms with E-state index in [4.69, 9.17) is 9.97 Å². The van der Waals surface area contributed by atoms with Gasteiger partial charge in [-0.2, -0.15) is 9.97 Å². The van der Waals surface area contributed by atoms with Crippen LogP contribution in [0.3, 0.4) is 0 Å². The molecule has 180 valence electrons. The van der Waals surface area contributed by atoms with Gasteiger partial charge in [0, 0.05) is 39.3 Å². The molecular formula is C24H31N7O3. The summed E-state index contributed by atoms with van der Waals surface area (Å²) in [6, 6.07) is 9.80. The molecule has 10 heteroatoms. The number of hydrogen-bond acceptors (Lipinski definition) is 6. The lowest BCUT2D eigenvalue weighted by Gasteiger charge is -2.33. The van der Waals surface area contributed by atoms with Crippen LogP contribution in [0.5, 0.6) is 0 Å². The van der Waals surface area contributed by atoms with Crippen LogP contribution in [0.25, 0.3) is 11.2 Å². The van der Waals surface area contributed by atoms with E-state index in [9.17, 15) is 14.7 Å². The Morgan fingerprint density at radius 3 is 2.47 bits per heavy atom. The van der Waals surface area contributed by atoms with Gasteiger partial charge in [0.1, 0.15) is 0 Å². The number of benzene rings is 1. The molecule has 2 fully saturated rings. The molecule has 0 aliphatic carbocycles. The van der Waals surface area contributed by atoms with E-state index in [0.29, 0.717) is 36.2 Å². The van der Waals surface area contributed by atoms with E-state index in [1.54, 1.807) is 11.6 Å². The molecule has 2 N–H and O–H groups in total. The van der Waals surface area contributed by atoms with E-state index >= 15 is 0 Å². The molecule has 2 aromatic heterocycles. The first kappa shape index (κ1) is 22.2. The predicted molar refractivity (Wildman–Crippen MR) is 131 cm³/mol. The first-order valence-electron chi connectivity index (χ1n) is 12.0. The maximum atomic E-state index is 13.6. The Morgan fingerprint density at radius 1 is 1.03 bits per heavy atom. The first-order chi connectivity index (χ1) is 16.5. The van der Waals surface area contributed by atoms with Crippen molar-refractivity contribution in [2.45, 2.75) is 44.7 Å². The molecule has 2 aliphatic rings. The number of hydrogen-bond donors (Lipinski definition) is 2. The van der Waals surface area contributed by atoms with E-state index in [2.05, 4.69) is 15.1 Å². The zero-order valence-corrected chi connectivity index (χ0v) is 19.5. The van der Waals surface area contributed by atoms with Gasteiger partial charge in [-0.25, -0.2) is 4.79 Å². The summed E-state index contributed by atoms with van der Waals surface area (Å²) in [5, 5.41) is 11.8. The van der Waals surface area contributed by atoms with Crippen molar-refractivity contribution < 1.29 is 9.90 Å². The molecule has 2 saturated heterocycles. The Labute approximate surface area is 197 Å². The summed E-state index contributed by atoms with van der Waals surface area (Å²) in [5.74, 6) is 1.33. The monoisotopic (exact) mass is 465 g/mol. The average Bonchev–Trinajstić information content (AvgIpc) is 3.20. The molecule has 3 aromatic rings. The summed E-state index contributed by atoms with van der Waals surface area (Å²) in [5.41, 5.74) is 1.87. The van der Waals surface area contributed by atoms with E-state index in [-0.39, 0.29) is 11.6 Å². The number of aromatic nitrogens is 4. The second-order valence-corrected chi connectivity index (χ2v) is 9.21. The lowest BCUT2D eigenvalue weighted by molar-refractivity contribution is 0.188. The van der Waals surface area contributed by atoms with Gasteiger partial charge in [-0.1, -0.05) is 30.3 Å². The van der Waals surface area contributed by atoms with Crippen LogP contribution in [0, 0.1) is 0 Å². The molecule has 10 nitrogen and oxygen atoms in total. The van der Waals surface area contributed by atoms with Gasteiger partial charge in [-0.05, 0) is 37.7 Å². The summed E-state index contributed by atoms with van der Waals surface area (Å²) < 4.78 is 3.59. The van der Waals surface area contributed by atoms with E-state index in [1.807, 2.05) is 34.9 Å². The molecule has 0 radical (unpaired) electrons. The smallest absolute Gasteiger partial charge is 0.404 e. The highest BCUT2D eigenvalue weighted by Crippen LogP contribution is 2.26. The SMILES string of the molecule is Cn1c(N2CCCCC2)nc2nc(N3CCCC(NC(=O)O)C3)n(Cc3ccccc3)c2c1=O. The number of imidazole rings is 1. The van der Waals surface area contributed by atoms with Crippen LogP contribution in [0.15, 0.2) is 35.1 Å². The molecule has 2 aliphatic heterocycles. The summed E-state index contributed by atoms with van der Waals surface area (Å²) >= 11 is 0. The topological polar surface area (TPSA) is 109 Å². The zero-order valence-electron chi connectivity index (χ0n) is 19.5. The predicted octanol–water partition coefficient (Wildman–Crippen LogP) is 2.41. The molecule has 4 heterocycles.